The molecule has 2 aromatic rings. The van der Waals surface area contributed by atoms with Gasteiger partial charge in [0.2, 0.25) is 0 Å². The van der Waals surface area contributed by atoms with Crippen LogP contribution in [-0.2, 0) is 0 Å². The van der Waals surface area contributed by atoms with Gasteiger partial charge in [-0.15, -0.1) is 0 Å². The number of anilines is 1. The van der Waals surface area contributed by atoms with Crippen molar-refractivity contribution in [2.75, 3.05) is 11.6 Å². The SMILES string of the molecule is CSC(=Nc1ccccc1C(=O)Nc1cc(C)cc(C)c1)NC#N. The highest BCUT2D eigenvalue weighted by atomic mass is 32.2. The highest BCUT2D eigenvalue weighted by Crippen LogP contribution is 2.22. The van der Waals surface area contributed by atoms with E-state index in [0.29, 0.717) is 16.4 Å². The average Bonchev–Trinajstić information content (AvgIpc) is 2.53. The van der Waals surface area contributed by atoms with E-state index in [0.717, 1.165) is 16.8 Å². The van der Waals surface area contributed by atoms with E-state index in [-0.39, 0.29) is 5.91 Å². The van der Waals surface area contributed by atoms with Crippen LogP contribution in [0.5, 0.6) is 0 Å². The number of rotatable bonds is 3. The first-order chi connectivity index (χ1) is 11.5. The first-order valence-corrected chi connectivity index (χ1v) is 8.52. The fourth-order valence-electron chi connectivity index (χ4n) is 2.29. The van der Waals surface area contributed by atoms with Crippen molar-refractivity contribution in [3.63, 3.8) is 0 Å². The van der Waals surface area contributed by atoms with Crippen LogP contribution < -0.4 is 10.6 Å². The number of nitriles is 1. The van der Waals surface area contributed by atoms with Crippen LogP contribution in [0.4, 0.5) is 11.4 Å². The molecule has 2 N–H and O–H groups in total. The molecule has 0 radical (unpaired) electrons. The fourth-order valence-corrected chi connectivity index (χ4v) is 2.63. The summed E-state index contributed by atoms with van der Waals surface area (Å²) in [4.78, 5) is 17.0. The quantitative estimate of drug-likeness (QED) is 0.384. The molecular weight excluding hydrogens is 320 g/mol. The number of carbonyl (C=O) groups is 1. The van der Waals surface area contributed by atoms with Gasteiger partial charge in [-0.2, -0.15) is 5.26 Å². The van der Waals surface area contributed by atoms with E-state index in [1.807, 2.05) is 38.2 Å². The van der Waals surface area contributed by atoms with Gasteiger partial charge in [0.25, 0.3) is 5.91 Å². The molecule has 0 spiro atoms. The molecule has 0 bridgehead atoms. The maximum Gasteiger partial charge on any atom is 0.257 e. The van der Waals surface area contributed by atoms with Crippen molar-refractivity contribution in [3.8, 4) is 6.19 Å². The van der Waals surface area contributed by atoms with Gasteiger partial charge in [0.1, 0.15) is 0 Å². The van der Waals surface area contributed by atoms with Crippen LogP contribution in [0.3, 0.4) is 0 Å². The number of carbonyl (C=O) groups excluding carboxylic acids is 1. The van der Waals surface area contributed by atoms with E-state index in [1.165, 1.54) is 11.8 Å². The van der Waals surface area contributed by atoms with Gasteiger partial charge in [0, 0.05) is 5.69 Å². The van der Waals surface area contributed by atoms with Gasteiger partial charge in [0.05, 0.1) is 11.3 Å². The molecule has 0 heterocycles. The molecule has 5 nitrogen and oxygen atoms in total. The summed E-state index contributed by atoms with van der Waals surface area (Å²) in [6.45, 7) is 3.97. The average molecular weight is 338 g/mol. The molecule has 0 saturated carbocycles. The summed E-state index contributed by atoms with van der Waals surface area (Å²) in [6, 6.07) is 12.9. The van der Waals surface area contributed by atoms with Crippen LogP contribution in [0, 0.1) is 25.3 Å². The monoisotopic (exact) mass is 338 g/mol. The number of hydrogen-bond acceptors (Lipinski definition) is 4. The third-order valence-electron chi connectivity index (χ3n) is 3.21. The number of amidine groups is 1. The molecule has 1 amide bonds. The van der Waals surface area contributed by atoms with E-state index in [4.69, 9.17) is 5.26 Å². The number of hydrogen-bond donors (Lipinski definition) is 2. The first-order valence-electron chi connectivity index (χ1n) is 7.30. The van der Waals surface area contributed by atoms with Crippen molar-refractivity contribution in [3.05, 3.63) is 59.2 Å². The lowest BCUT2D eigenvalue weighted by atomic mass is 10.1. The molecule has 0 fully saturated rings. The number of amides is 1. The maximum atomic E-state index is 12.6. The van der Waals surface area contributed by atoms with Crippen molar-refractivity contribution < 1.29 is 4.79 Å². The van der Waals surface area contributed by atoms with Gasteiger partial charge in [-0.3, -0.25) is 10.1 Å². The van der Waals surface area contributed by atoms with Gasteiger partial charge < -0.3 is 5.32 Å². The van der Waals surface area contributed by atoms with Crippen LogP contribution in [0.15, 0.2) is 47.5 Å². The van der Waals surface area contributed by atoms with Gasteiger partial charge in [0.15, 0.2) is 11.4 Å². The lowest BCUT2D eigenvalue weighted by Crippen LogP contribution is -2.15. The summed E-state index contributed by atoms with van der Waals surface area (Å²) in [6.07, 6.45) is 3.64. The van der Waals surface area contributed by atoms with Crippen LogP contribution in [0.1, 0.15) is 21.5 Å². The summed E-state index contributed by atoms with van der Waals surface area (Å²) >= 11 is 1.30. The Kier molecular flexibility index (Phi) is 5.99. The van der Waals surface area contributed by atoms with Crippen molar-refractivity contribution in [1.82, 2.24) is 5.32 Å². The number of aryl methyl sites for hydroxylation is 2. The zero-order valence-electron chi connectivity index (χ0n) is 13.8. The molecule has 0 aromatic heterocycles. The topological polar surface area (TPSA) is 77.3 Å². The molecule has 0 unspecified atom stereocenters. The summed E-state index contributed by atoms with van der Waals surface area (Å²) < 4.78 is 0. The van der Waals surface area contributed by atoms with Crippen molar-refractivity contribution in [2.45, 2.75) is 13.8 Å². The highest BCUT2D eigenvalue weighted by Gasteiger charge is 2.12. The largest absolute Gasteiger partial charge is 0.322 e. The molecule has 2 rings (SSSR count). The van der Waals surface area contributed by atoms with Gasteiger partial charge >= 0.3 is 0 Å². The number of nitrogens with zero attached hydrogens (tertiary/aromatic N) is 2. The van der Waals surface area contributed by atoms with Crippen LogP contribution in [0.2, 0.25) is 0 Å². The minimum absolute atomic E-state index is 0.239. The van der Waals surface area contributed by atoms with E-state index < -0.39 is 0 Å². The highest BCUT2D eigenvalue weighted by molar-refractivity contribution is 8.13. The Morgan fingerprint density at radius 3 is 2.46 bits per heavy atom. The number of benzene rings is 2. The predicted molar refractivity (Wildman–Crippen MR) is 99.7 cm³/mol. The molecule has 0 aliphatic carbocycles. The van der Waals surface area contributed by atoms with E-state index in [2.05, 4.69) is 15.6 Å². The molecule has 24 heavy (non-hydrogen) atoms. The molecule has 0 atom stereocenters. The number of nitrogens with one attached hydrogen (secondary N) is 2. The predicted octanol–water partition coefficient (Wildman–Crippen LogP) is 3.98. The smallest absolute Gasteiger partial charge is 0.257 e. The Morgan fingerprint density at radius 2 is 1.83 bits per heavy atom. The number of thioether (sulfide) groups is 1. The molecule has 2 aromatic carbocycles. The Hall–Kier alpha value is -2.78. The minimum atomic E-state index is -0.239. The summed E-state index contributed by atoms with van der Waals surface area (Å²) in [5.41, 5.74) is 3.87. The first kappa shape index (κ1) is 17.6. The fraction of sp³-hybridized carbons (Fsp3) is 0.167. The third-order valence-corrected chi connectivity index (χ3v) is 3.79. The van der Waals surface area contributed by atoms with Crippen LogP contribution in [-0.4, -0.2) is 17.3 Å². The maximum absolute atomic E-state index is 12.6. The van der Waals surface area contributed by atoms with Gasteiger partial charge in [-0.1, -0.05) is 30.0 Å². The number of para-hydroxylation sites is 1. The zero-order chi connectivity index (χ0) is 17.5. The van der Waals surface area contributed by atoms with Crippen molar-refractivity contribution in [2.24, 2.45) is 4.99 Å². The van der Waals surface area contributed by atoms with Gasteiger partial charge in [-0.25, -0.2) is 4.99 Å². The normalized spacial score (nSPS) is 10.8. The van der Waals surface area contributed by atoms with Crippen LogP contribution >= 0.6 is 11.8 Å². The standard InChI is InChI=1S/C18H18N4OS/c1-12-8-13(2)10-14(9-12)21-17(23)15-6-4-5-7-16(15)22-18(24-3)20-11-19/h4-10H,1-3H3,(H,20,22)(H,21,23). The molecule has 0 aliphatic rings. The summed E-state index contributed by atoms with van der Waals surface area (Å²) in [5.74, 6) is -0.239. The van der Waals surface area contributed by atoms with Crippen LogP contribution in [0.25, 0.3) is 0 Å². The Labute approximate surface area is 145 Å². The molecule has 6 heteroatoms. The number of aliphatic imine (C=N–C) groups is 1. The molecular formula is C18H18N4OS. The third kappa shape index (κ3) is 4.61. The summed E-state index contributed by atoms with van der Waals surface area (Å²) in [5, 5.41) is 14.6. The van der Waals surface area contributed by atoms with Crippen molar-refractivity contribution >= 4 is 34.2 Å². The second kappa shape index (κ2) is 8.18. The van der Waals surface area contributed by atoms with E-state index in [9.17, 15) is 4.79 Å². The Balaban J connectivity index is 2.31. The van der Waals surface area contributed by atoms with E-state index >= 15 is 0 Å². The van der Waals surface area contributed by atoms with Crippen molar-refractivity contribution in [1.29, 1.82) is 5.26 Å². The van der Waals surface area contributed by atoms with Gasteiger partial charge in [-0.05, 0) is 55.5 Å². The Morgan fingerprint density at radius 1 is 1.17 bits per heavy atom. The molecule has 0 saturated heterocycles. The molecule has 122 valence electrons. The summed E-state index contributed by atoms with van der Waals surface area (Å²) in [7, 11) is 0. The zero-order valence-corrected chi connectivity index (χ0v) is 14.6. The molecule has 0 aliphatic heterocycles. The second-order valence-corrected chi connectivity index (χ2v) is 6.00. The second-order valence-electron chi connectivity index (χ2n) is 5.21. The lowest BCUT2D eigenvalue weighted by Gasteiger charge is -2.10. The van der Waals surface area contributed by atoms with E-state index in [1.54, 1.807) is 30.5 Å². The Bertz CT molecular complexity index is 804. The lowest BCUT2D eigenvalue weighted by molar-refractivity contribution is 0.102. The minimum Gasteiger partial charge on any atom is -0.322 e.